The van der Waals surface area contributed by atoms with E-state index in [1.807, 2.05) is 0 Å². The highest BCUT2D eigenvalue weighted by Crippen LogP contribution is 2.33. The molecule has 2 aliphatic rings. The van der Waals surface area contributed by atoms with E-state index in [9.17, 15) is 0 Å². The third-order valence-corrected chi connectivity index (χ3v) is 3.37. The van der Waals surface area contributed by atoms with Crippen LogP contribution in [0, 0.1) is 11.8 Å². The maximum Gasteiger partial charge on any atom is 0.0600 e. The molecule has 0 heterocycles. The van der Waals surface area contributed by atoms with E-state index in [1.54, 1.807) is 0 Å². The second kappa shape index (κ2) is 5.05. The third kappa shape index (κ3) is 5.31. The molecule has 2 fully saturated rings. The summed E-state index contributed by atoms with van der Waals surface area (Å²) in [4.78, 5) is 2.64. The Balaban J connectivity index is 1.63. The number of rotatable bonds is 7. The first-order valence-corrected chi connectivity index (χ1v) is 6.89. The van der Waals surface area contributed by atoms with Crippen LogP contribution in [0.5, 0.6) is 0 Å². The lowest BCUT2D eigenvalue weighted by molar-refractivity contribution is -0.0139. The molecule has 0 radical (unpaired) electrons. The molecule has 0 saturated heterocycles. The zero-order valence-corrected chi connectivity index (χ0v) is 11.2. The van der Waals surface area contributed by atoms with Gasteiger partial charge in [-0.3, -0.25) is 0 Å². The van der Waals surface area contributed by atoms with Crippen molar-refractivity contribution in [3.63, 3.8) is 0 Å². The first-order chi connectivity index (χ1) is 7.53. The highest BCUT2D eigenvalue weighted by Gasteiger charge is 2.29. The van der Waals surface area contributed by atoms with Crippen LogP contribution >= 0.6 is 0 Å². The van der Waals surface area contributed by atoms with Gasteiger partial charge in [0.05, 0.1) is 12.2 Å². The van der Waals surface area contributed by atoms with Gasteiger partial charge < -0.3 is 9.64 Å². The summed E-state index contributed by atoms with van der Waals surface area (Å²) in [5.41, 5.74) is 0.0187. The number of hydrogen-bond acceptors (Lipinski definition) is 2. The summed E-state index contributed by atoms with van der Waals surface area (Å²) in [5, 5.41) is 0. The van der Waals surface area contributed by atoms with Crippen LogP contribution in [0.3, 0.4) is 0 Å². The molecule has 16 heavy (non-hydrogen) atoms. The zero-order chi connectivity index (χ0) is 11.6. The largest absolute Gasteiger partial charge is 0.375 e. The van der Waals surface area contributed by atoms with Crippen molar-refractivity contribution in [2.45, 2.75) is 52.1 Å². The van der Waals surface area contributed by atoms with Crippen LogP contribution in [0.2, 0.25) is 0 Å². The van der Waals surface area contributed by atoms with Gasteiger partial charge in [-0.25, -0.2) is 0 Å². The monoisotopic (exact) mass is 225 g/mol. The van der Waals surface area contributed by atoms with Gasteiger partial charge >= 0.3 is 0 Å². The van der Waals surface area contributed by atoms with Crippen LogP contribution in [-0.2, 0) is 4.74 Å². The Morgan fingerprint density at radius 1 is 1.00 bits per heavy atom. The molecular weight excluding hydrogens is 198 g/mol. The van der Waals surface area contributed by atoms with Gasteiger partial charge in [0.1, 0.15) is 0 Å². The molecule has 0 aromatic heterocycles. The van der Waals surface area contributed by atoms with Crippen molar-refractivity contribution in [1.29, 1.82) is 0 Å². The molecule has 0 aromatic rings. The van der Waals surface area contributed by atoms with Gasteiger partial charge in [0.25, 0.3) is 0 Å². The second-order valence-corrected chi connectivity index (χ2v) is 6.61. The Bertz CT molecular complexity index is 199. The van der Waals surface area contributed by atoms with E-state index in [0.717, 1.165) is 25.0 Å². The Labute approximate surface area is 100 Å². The van der Waals surface area contributed by atoms with Gasteiger partial charge in [-0.05, 0) is 58.3 Å². The minimum Gasteiger partial charge on any atom is -0.375 e. The summed E-state index contributed by atoms with van der Waals surface area (Å²) >= 11 is 0. The van der Waals surface area contributed by atoms with Crippen LogP contribution in [-0.4, -0.2) is 36.7 Å². The molecule has 2 rings (SSSR count). The maximum absolute atomic E-state index is 5.82. The lowest BCUT2D eigenvalue weighted by Crippen LogP contribution is -2.33. The van der Waals surface area contributed by atoms with E-state index in [1.165, 1.54) is 38.8 Å². The standard InChI is InChI=1S/C14H27NO/c1-14(2,3)16-9-8-15(10-12-4-5-12)11-13-6-7-13/h12-13H,4-11H2,1-3H3. The average Bonchev–Trinajstić information content (AvgIpc) is 2.96. The smallest absolute Gasteiger partial charge is 0.0600 e. The Morgan fingerprint density at radius 3 is 1.88 bits per heavy atom. The molecule has 2 saturated carbocycles. The molecule has 0 amide bonds. The highest BCUT2D eigenvalue weighted by molar-refractivity contribution is 4.82. The number of hydrogen-bond donors (Lipinski definition) is 0. The van der Waals surface area contributed by atoms with E-state index in [-0.39, 0.29) is 5.60 Å². The molecule has 2 nitrogen and oxygen atoms in total. The zero-order valence-electron chi connectivity index (χ0n) is 11.2. The van der Waals surface area contributed by atoms with Crippen molar-refractivity contribution < 1.29 is 4.74 Å². The first kappa shape index (κ1) is 12.4. The minimum absolute atomic E-state index is 0.0187. The van der Waals surface area contributed by atoms with Crippen LogP contribution < -0.4 is 0 Å². The molecular formula is C14H27NO. The summed E-state index contributed by atoms with van der Waals surface area (Å²) in [6.07, 6.45) is 5.84. The molecule has 0 N–H and O–H groups in total. The van der Waals surface area contributed by atoms with Crippen molar-refractivity contribution in [3.05, 3.63) is 0 Å². The molecule has 2 heteroatoms. The molecule has 0 spiro atoms. The summed E-state index contributed by atoms with van der Waals surface area (Å²) < 4.78 is 5.82. The van der Waals surface area contributed by atoms with Gasteiger partial charge in [0.15, 0.2) is 0 Å². The predicted molar refractivity (Wildman–Crippen MR) is 67.6 cm³/mol. The Morgan fingerprint density at radius 2 is 1.50 bits per heavy atom. The molecule has 0 aromatic carbocycles. The molecule has 94 valence electrons. The minimum atomic E-state index is 0.0187. The maximum atomic E-state index is 5.82. The van der Waals surface area contributed by atoms with Crippen molar-refractivity contribution in [2.75, 3.05) is 26.2 Å². The van der Waals surface area contributed by atoms with E-state index >= 15 is 0 Å². The first-order valence-electron chi connectivity index (χ1n) is 6.89. The average molecular weight is 225 g/mol. The van der Waals surface area contributed by atoms with Gasteiger partial charge in [-0.15, -0.1) is 0 Å². The lowest BCUT2D eigenvalue weighted by atomic mass is 10.2. The normalized spacial score (nSPS) is 21.8. The van der Waals surface area contributed by atoms with Crippen LogP contribution in [0.15, 0.2) is 0 Å². The molecule has 0 bridgehead atoms. The third-order valence-electron chi connectivity index (χ3n) is 3.37. The van der Waals surface area contributed by atoms with E-state index in [4.69, 9.17) is 4.74 Å². The quantitative estimate of drug-likeness (QED) is 0.660. The van der Waals surface area contributed by atoms with Gasteiger partial charge in [0, 0.05) is 19.6 Å². The molecule has 2 aliphatic carbocycles. The van der Waals surface area contributed by atoms with Crippen molar-refractivity contribution >= 4 is 0 Å². The van der Waals surface area contributed by atoms with Crippen molar-refractivity contribution in [2.24, 2.45) is 11.8 Å². The highest BCUT2D eigenvalue weighted by atomic mass is 16.5. The van der Waals surface area contributed by atoms with Gasteiger partial charge in [-0.1, -0.05) is 0 Å². The summed E-state index contributed by atoms with van der Waals surface area (Å²) in [6, 6.07) is 0. The fraction of sp³-hybridized carbons (Fsp3) is 1.00. The molecule has 0 aliphatic heterocycles. The Hall–Kier alpha value is -0.0800. The fourth-order valence-electron chi connectivity index (χ4n) is 2.07. The number of ether oxygens (including phenoxy) is 1. The summed E-state index contributed by atoms with van der Waals surface area (Å²) in [7, 11) is 0. The predicted octanol–water partition coefficient (Wildman–Crippen LogP) is 2.92. The van der Waals surface area contributed by atoms with Gasteiger partial charge in [0.2, 0.25) is 0 Å². The van der Waals surface area contributed by atoms with Crippen molar-refractivity contribution in [3.8, 4) is 0 Å². The van der Waals surface area contributed by atoms with Crippen LogP contribution in [0.4, 0.5) is 0 Å². The number of nitrogens with zero attached hydrogens (tertiary/aromatic N) is 1. The molecule has 0 atom stereocenters. The van der Waals surface area contributed by atoms with E-state index < -0.39 is 0 Å². The van der Waals surface area contributed by atoms with E-state index in [0.29, 0.717) is 0 Å². The van der Waals surface area contributed by atoms with Gasteiger partial charge in [-0.2, -0.15) is 0 Å². The summed E-state index contributed by atoms with van der Waals surface area (Å²) in [6.45, 7) is 11.1. The van der Waals surface area contributed by atoms with E-state index in [2.05, 4.69) is 25.7 Å². The molecule has 0 unspecified atom stereocenters. The SMILES string of the molecule is CC(C)(C)OCCN(CC1CC1)CC1CC1. The van der Waals surface area contributed by atoms with Crippen LogP contribution in [0.25, 0.3) is 0 Å². The second-order valence-electron chi connectivity index (χ2n) is 6.61. The lowest BCUT2D eigenvalue weighted by Gasteiger charge is -2.25. The van der Waals surface area contributed by atoms with Crippen molar-refractivity contribution in [1.82, 2.24) is 4.90 Å². The summed E-state index contributed by atoms with van der Waals surface area (Å²) in [5.74, 6) is 2.02. The fourth-order valence-corrected chi connectivity index (χ4v) is 2.07. The topological polar surface area (TPSA) is 12.5 Å². The Kier molecular flexibility index (Phi) is 3.91. The van der Waals surface area contributed by atoms with Crippen LogP contribution in [0.1, 0.15) is 46.5 Å².